The summed E-state index contributed by atoms with van der Waals surface area (Å²) >= 11 is 5.66. The molecular weight excluding hydrogens is 399 g/mol. The van der Waals surface area contributed by atoms with Gasteiger partial charge in [0.1, 0.15) is 0 Å². The molecular formula is C20H20F3N5S. The van der Waals surface area contributed by atoms with Gasteiger partial charge in [-0.05, 0) is 61.9 Å². The van der Waals surface area contributed by atoms with Crippen LogP contribution in [0.25, 0.3) is 11.4 Å². The van der Waals surface area contributed by atoms with Crippen LogP contribution in [0.1, 0.15) is 30.0 Å². The van der Waals surface area contributed by atoms with E-state index >= 15 is 0 Å². The molecule has 0 bridgehead atoms. The largest absolute Gasteiger partial charge is 0.416 e. The number of alkyl halides is 3. The summed E-state index contributed by atoms with van der Waals surface area (Å²) in [6.07, 6.45) is 1.32. The van der Waals surface area contributed by atoms with Crippen LogP contribution in [0.3, 0.4) is 0 Å². The van der Waals surface area contributed by atoms with E-state index in [1.807, 2.05) is 24.1 Å². The molecule has 0 unspecified atom stereocenters. The highest BCUT2D eigenvalue weighted by Crippen LogP contribution is 2.38. The minimum absolute atomic E-state index is 0.367. The van der Waals surface area contributed by atoms with Gasteiger partial charge >= 0.3 is 6.18 Å². The van der Waals surface area contributed by atoms with Crippen LogP contribution < -0.4 is 0 Å². The molecule has 2 aromatic heterocycles. The summed E-state index contributed by atoms with van der Waals surface area (Å²) in [7, 11) is 1.89. The molecule has 1 aliphatic rings. The Morgan fingerprint density at radius 2 is 1.90 bits per heavy atom. The number of hydrogen-bond donors (Lipinski definition) is 0. The van der Waals surface area contributed by atoms with Crippen LogP contribution in [0, 0.1) is 4.77 Å². The fraction of sp³-hybridized carbons (Fsp3) is 0.350. The molecule has 0 atom stereocenters. The molecule has 29 heavy (non-hydrogen) atoms. The van der Waals surface area contributed by atoms with Crippen LogP contribution >= 0.6 is 12.2 Å². The van der Waals surface area contributed by atoms with Crippen molar-refractivity contribution < 1.29 is 13.2 Å². The van der Waals surface area contributed by atoms with E-state index in [2.05, 4.69) is 9.55 Å². The monoisotopic (exact) mass is 419 g/mol. The van der Waals surface area contributed by atoms with E-state index in [-0.39, 0.29) is 0 Å². The zero-order valence-corrected chi connectivity index (χ0v) is 16.6. The van der Waals surface area contributed by atoms with E-state index in [0.717, 1.165) is 41.9 Å². The molecule has 1 fully saturated rings. The van der Waals surface area contributed by atoms with E-state index in [0.29, 0.717) is 24.0 Å². The smallest absolute Gasteiger partial charge is 0.297 e. The van der Waals surface area contributed by atoms with Crippen LogP contribution in [0.15, 0.2) is 48.8 Å². The second kappa shape index (κ2) is 7.72. The third kappa shape index (κ3) is 4.40. The molecule has 2 heterocycles. The summed E-state index contributed by atoms with van der Waals surface area (Å²) in [5.74, 6) is 0.800. The maximum Gasteiger partial charge on any atom is 0.416 e. The number of aromatic nitrogens is 4. The molecule has 0 radical (unpaired) electrons. The SMILES string of the molecule is CN(Cc1ccc(C(F)(F)F)cc1)Cn1nc(-c2cccnc2)n(C2CC2)c1=S. The topological polar surface area (TPSA) is 38.9 Å². The molecule has 9 heteroatoms. The number of rotatable bonds is 6. The molecule has 152 valence electrons. The van der Waals surface area contributed by atoms with Crippen molar-refractivity contribution in [2.75, 3.05) is 7.05 Å². The second-order valence-electron chi connectivity index (χ2n) is 7.30. The van der Waals surface area contributed by atoms with Crippen molar-refractivity contribution >= 4 is 12.2 Å². The number of nitrogens with zero attached hydrogens (tertiary/aromatic N) is 5. The first kappa shape index (κ1) is 19.8. The van der Waals surface area contributed by atoms with Crippen molar-refractivity contribution in [1.29, 1.82) is 0 Å². The fourth-order valence-electron chi connectivity index (χ4n) is 3.26. The van der Waals surface area contributed by atoms with E-state index in [1.54, 1.807) is 17.1 Å². The third-order valence-corrected chi connectivity index (χ3v) is 5.22. The predicted octanol–water partition coefficient (Wildman–Crippen LogP) is 4.92. The lowest BCUT2D eigenvalue weighted by Gasteiger charge is -2.17. The molecule has 0 amide bonds. The first-order valence-electron chi connectivity index (χ1n) is 9.27. The molecule has 0 aliphatic heterocycles. The summed E-state index contributed by atoms with van der Waals surface area (Å²) in [5, 5.41) is 4.71. The molecule has 4 rings (SSSR count). The minimum Gasteiger partial charge on any atom is -0.297 e. The summed E-state index contributed by atoms with van der Waals surface area (Å²) in [6.45, 7) is 0.922. The van der Waals surface area contributed by atoms with Crippen molar-refractivity contribution in [3.8, 4) is 11.4 Å². The van der Waals surface area contributed by atoms with Gasteiger partial charge in [0.2, 0.25) is 0 Å². The Kier molecular flexibility index (Phi) is 5.26. The average Bonchev–Trinajstić information content (AvgIpc) is 3.47. The molecule has 5 nitrogen and oxygen atoms in total. The zero-order chi connectivity index (χ0) is 20.6. The standard InChI is InChI=1S/C20H20F3N5S/c1-26(12-14-4-6-16(7-5-14)20(21,22)23)13-27-19(29)28(17-8-9-17)18(25-27)15-3-2-10-24-11-15/h2-7,10-11,17H,8-9,12-13H2,1H3. The van der Waals surface area contributed by atoms with Crippen molar-refractivity contribution in [3.63, 3.8) is 0 Å². The third-order valence-electron chi connectivity index (χ3n) is 4.81. The van der Waals surface area contributed by atoms with Gasteiger partial charge < -0.3 is 0 Å². The quantitative estimate of drug-likeness (QED) is 0.532. The van der Waals surface area contributed by atoms with E-state index in [1.165, 1.54) is 12.1 Å². The molecule has 1 saturated carbocycles. The molecule has 3 aromatic rings. The van der Waals surface area contributed by atoms with Crippen LogP contribution in [0.5, 0.6) is 0 Å². The van der Waals surface area contributed by atoms with Gasteiger partial charge in [-0.3, -0.25) is 14.5 Å². The lowest BCUT2D eigenvalue weighted by Crippen LogP contribution is -2.22. The lowest BCUT2D eigenvalue weighted by molar-refractivity contribution is -0.137. The number of hydrogen-bond acceptors (Lipinski definition) is 4. The fourth-order valence-corrected chi connectivity index (χ4v) is 3.59. The van der Waals surface area contributed by atoms with E-state index in [4.69, 9.17) is 17.3 Å². The van der Waals surface area contributed by atoms with Crippen LogP contribution in [-0.4, -0.2) is 31.3 Å². The van der Waals surface area contributed by atoms with Gasteiger partial charge in [-0.15, -0.1) is 0 Å². The van der Waals surface area contributed by atoms with E-state index < -0.39 is 11.7 Å². The summed E-state index contributed by atoms with van der Waals surface area (Å²) in [6, 6.07) is 9.41. The molecule has 0 saturated heterocycles. The van der Waals surface area contributed by atoms with Gasteiger partial charge in [-0.2, -0.15) is 18.3 Å². The van der Waals surface area contributed by atoms with Gasteiger partial charge in [0.25, 0.3) is 0 Å². The van der Waals surface area contributed by atoms with Crippen LogP contribution in [0.4, 0.5) is 13.2 Å². The van der Waals surface area contributed by atoms with Crippen molar-refractivity contribution in [2.45, 2.75) is 38.3 Å². The number of pyridine rings is 1. The Hall–Kier alpha value is -2.52. The normalized spacial score (nSPS) is 14.5. The van der Waals surface area contributed by atoms with Crippen LogP contribution in [0.2, 0.25) is 0 Å². The minimum atomic E-state index is -4.32. The van der Waals surface area contributed by atoms with Crippen LogP contribution in [-0.2, 0) is 19.4 Å². The molecule has 0 spiro atoms. The Morgan fingerprint density at radius 1 is 1.17 bits per heavy atom. The summed E-state index contributed by atoms with van der Waals surface area (Å²) in [4.78, 5) is 6.14. The second-order valence-corrected chi connectivity index (χ2v) is 7.66. The predicted molar refractivity (Wildman–Crippen MR) is 105 cm³/mol. The van der Waals surface area contributed by atoms with Gasteiger partial charge in [0, 0.05) is 30.5 Å². The van der Waals surface area contributed by atoms with E-state index in [9.17, 15) is 13.2 Å². The molecule has 1 aromatic carbocycles. The first-order chi connectivity index (χ1) is 13.8. The molecule has 0 N–H and O–H groups in total. The van der Waals surface area contributed by atoms with Gasteiger partial charge in [-0.25, -0.2) is 4.68 Å². The number of halogens is 3. The Bertz CT molecular complexity index is 1040. The van der Waals surface area contributed by atoms with Crippen molar-refractivity contribution in [1.82, 2.24) is 24.2 Å². The zero-order valence-electron chi connectivity index (χ0n) is 15.8. The van der Waals surface area contributed by atoms with Crippen molar-refractivity contribution in [3.05, 3.63) is 64.7 Å². The highest BCUT2D eigenvalue weighted by Gasteiger charge is 2.30. The maximum absolute atomic E-state index is 12.7. The summed E-state index contributed by atoms with van der Waals surface area (Å²) in [5.41, 5.74) is 1.06. The maximum atomic E-state index is 12.7. The Balaban J connectivity index is 1.53. The number of benzene rings is 1. The lowest BCUT2D eigenvalue weighted by atomic mass is 10.1. The Morgan fingerprint density at radius 3 is 2.48 bits per heavy atom. The molecule has 1 aliphatic carbocycles. The van der Waals surface area contributed by atoms with Gasteiger partial charge in [-0.1, -0.05) is 12.1 Å². The van der Waals surface area contributed by atoms with Gasteiger partial charge in [0.15, 0.2) is 10.6 Å². The first-order valence-corrected chi connectivity index (χ1v) is 9.68. The Labute approximate surface area is 171 Å². The van der Waals surface area contributed by atoms with Gasteiger partial charge in [0.05, 0.1) is 12.2 Å². The highest BCUT2D eigenvalue weighted by atomic mass is 32.1. The average molecular weight is 419 g/mol. The summed E-state index contributed by atoms with van der Waals surface area (Å²) < 4.78 is 42.7. The van der Waals surface area contributed by atoms with Crippen molar-refractivity contribution in [2.24, 2.45) is 0 Å². The highest BCUT2D eigenvalue weighted by molar-refractivity contribution is 7.71.